The van der Waals surface area contributed by atoms with E-state index < -0.39 is 11.8 Å². The second-order valence-corrected chi connectivity index (χ2v) is 5.26. The number of carbonyl (C=O) groups is 1. The van der Waals surface area contributed by atoms with Gasteiger partial charge >= 0.3 is 0 Å². The molecule has 0 aliphatic carbocycles. The minimum Gasteiger partial charge on any atom is -0.369 e. The summed E-state index contributed by atoms with van der Waals surface area (Å²) in [5.74, 6) is -0.476. The molecule has 3 N–H and O–H groups in total. The van der Waals surface area contributed by atoms with E-state index in [-0.39, 0.29) is 5.82 Å². The van der Waals surface area contributed by atoms with Gasteiger partial charge in [-0.05, 0) is 38.0 Å². The number of nitrogens with zero attached hydrogens (tertiary/aromatic N) is 2. The molecule has 2 aromatic rings. The van der Waals surface area contributed by atoms with Crippen LogP contribution in [0.3, 0.4) is 0 Å². The number of hydrogen-bond acceptors (Lipinski definition) is 4. The lowest BCUT2D eigenvalue weighted by atomic mass is 9.98. The van der Waals surface area contributed by atoms with Crippen molar-refractivity contribution >= 4 is 11.7 Å². The molecule has 1 amide bonds. The van der Waals surface area contributed by atoms with E-state index in [1.165, 1.54) is 12.1 Å². The standard InChI is InChI=1S/C16H19FN4O/c1-10-8-19-11(2)16(21-10)20-9-13(15(18)22)7-12-3-5-14(17)6-4-12/h3-6,8,13H,7,9H2,1-2H3,(H2,18,22)(H,20,21). The zero-order valence-corrected chi connectivity index (χ0v) is 12.6. The summed E-state index contributed by atoms with van der Waals surface area (Å²) in [6.07, 6.45) is 2.13. The first kappa shape index (κ1) is 15.9. The molecular weight excluding hydrogens is 283 g/mol. The van der Waals surface area contributed by atoms with Gasteiger partial charge < -0.3 is 11.1 Å². The van der Waals surface area contributed by atoms with Gasteiger partial charge in [-0.1, -0.05) is 12.1 Å². The normalized spacial score (nSPS) is 12.0. The Morgan fingerprint density at radius 1 is 1.32 bits per heavy atom. The Balaban J connectivity index is 2.04. The average Bonchev–Trinajstić information content (AvgIpc) is 2.48. The summed E-state index contributed by atoms with van der Waals surface area (Å²) in [6, 6.07) is 6.06. The van der Waals surface area contributed by atoms with Crippen molar-refractivity contribution in [2.75, 3.05) is 11.9 Å². The number of hydrogen-bond donors (Lipinski definition) is 2. The fraction of sp³-hybridized carbons (Fsp3) is 0.312. The van der Waals surface area contributed by atoms with Gasteiger partial charge in [0.25, 0.3) is 0 Å². The second kappa shape index (κ2) is 6.98. The molecule has 1 heterocycles. The molecule has 22 heavy (non-hydrogen) atoms. The van der Waals surface area contributed by atoms with Crippen LogP contribution in [0.25, 0.3) is 0 Å². The highest BCUT2D eigenvalue weighted by Gasteiger charge is 2.17. The fourth-order valence-corrected chi connectivity index (χ4v) is 2.10. The quantitative estimate of drug-likeness (QED) is 0.855. The topological polar surface area (TPSA) is 80.9 Å². The first-order chi connectivity index (χ1) is 10.5. The number of aryl methyl sites for hydroxylation is 2. The van der Waals surface area contributed by atoms with Gasteiger partial charge in [0.2, 0.25) is 5.91 Å². The van der Waals surface area contributed by atoms with E-state index in [0.29, 0.717) is 18.8 Å². The molecule has 0 aliphatic heterocycles. The molecular formula is C16H19FN4O. The van der Waals surface area contributed by atoms with Crippen LogP contribution in [-0.4, -0.2) is 22.4 Å². The fourth-order valence-electron chi connectivity index (χ4n) is 2.10. The van der Waals surface area contributed by atoms with Gasteiger partial charge in [-0.2, -0.15) is 0 Å². The number of amides is 1. The predicted octanol–water partition coefficient (Wildman–Crippen LogP) is 1.99. The molecule has 0 aliphatic rings. The summed E-state index contributed by atoms with van der Waals surface area (Å²) in [4.78, 5) is 20.2. The molecule has 1 atom stereocenters. The molecule has 0 spiro atoms. The third-order valence-electron chi connectivity index (χ3n) is 3.39. The third-order valence-corrected chi connectivity index (χ3v) is 3.39. The largest absolute Gasteiger partial charge is 0.369 e. The Bertz CT molecular complexity index is 658. The summed E-state index contributed by atoms with van der Waals surface area (Å²) in [7, 11) is 0. The lowest BCUT2D eigenvalue weighted by Crippen LogP contribution is -2.31. The van der Waals surface area contributed by atoms with Crippen molar-refractivity contribution in [2.24, 2.45) is 11.7 Å². The lowest BCUT2D eigenvalue weighted by molar-refractivity contribution is -0.121. The predicted molar refractivity (Wildman–Crippen MR) is 82.8 cm³/mol. The van der Waals surface area contributed by atoms with Crippen molar-refractivity contribution in [3.8, 4) is 0 Å². The first-order valence-electron chi connectivity index (χ1n) is 7.03. The molecule has 6 heteroatoms. The molecule has 116 valence electrons. The maximum atomic E-state index is 12.9. The summed E-state index contributed by atoms with van der Waals surface area (Å²) in [5.41, 5.74) is 7.87. The minimum absolute atomic E-state index is 0.303. The minimum atomic E-state index is -0.410. The van der Waals surface area contributed by atoms with Crippen LogP contribution in [0.15, 0.2) is 30.5 Å². The molecule has 1 aromatic heterocycles. The zero-order chi connectivity index (χ0) is 16.1. The highest BCUT2D eigenvalue weighted by molar-refractivity contribution is 5.77. The van der Waals surface area contributed by atoms with Crippen LogP contribution >= 0.6 is 0 Å². The number of benzene rings is 1. The number of rotatable bonds is 6. The van der Waals surface area contributed by atoms with E-state index in [2.05, 4.69) is 15.3 Å². The Labute approximate surface area is 128 Å². The van der Waals surface area contributed by atoms with E-state index >= 15 is 0 Å². The van der Waals surface area contributed by atoms with Crippen molar-refractivity contribution in [1.82, 2.24) is 9.97 Å². The van der Waals surface area contributed by atoms with Crippen molar-refractivity contribution < 1.29 is 9.18 Å². The number of anilines is 1. The second-order valence-electron chi connectivity index (χ2n) is 5.26. The number of halogens is 1. The zero-order valence-electron chi connectivity index (χ0n) is 12.6. The van der Waals surface area contributed by atoms with Crippen LogP contribution in [0.1, 0.15) is 17.0 Å². The van der Waals surface area contributed by atoms with Gasteiger partial charge in [-0.3, -0.25) is 9.78 Å². The van der Waals surface area contributed by atoms with Crippen LogP contribution in [-0.2, 0) is 11.2 Å². The highest BCUT2D eigenvalue weighted by Crippen LogP contribution is 2.13. The molecule has 0 bridgehead atoms. The van der Waals surface area contributed by atoms with Gasteiger partial charge in [0.1, 0.15) is 11.6 Å². The smallest absolute Gasteiger partial charge is 0.222 e. The number of nitrogens with one attached hydrogen (secondary N) is 1. The van der Waals surface area contributed by atoms with E-state index in [0.717, 1.165) is 17.0 Å². The van der Waals surface area contributed by atoms with Gasteiger partial charge in [0, 0.05) is 12.7 Å². The number of carbonyl (C=O) groups excluding carboxylic acids is 1. The first-order valence-corrected chi connectivity index (χ1v) is 7.03. The van der Waals surface area contributed by atoms with Gasteiger partial charge in [0.15, 0.2) is 0 Å². The van der Waals surface area contributed by atoms with Gasteiger partial charge in [-0.15, -0.1) is 0 Å². The maximum Gasteiger partial charge on any atom is 0.222 e. The van der Waals surface area contributed by atoms with Crippen molar-refractivity contribution in [3.63, 3.8) is 0 Å². The van der Waals surface area contributed by atoms with Crippen LogP contribution in [0.2, 0.25) is 0 Å². The molecule has 1 aromatic carbocycles. The monoisotopic (exact) mass is 302 g/mol. The Hall–Kier alpha value is -2.50. The Morgan fingerprint density at radius 3 is 2.64 bits per heavy atom. The average molecular weight is 302 g/mol. The Kier molecular flexibility index (Phi) is 5.04. The number of nitrogens with two attached hydrogens (primary N) is 1. The summed E-state index contributed by atoms with van der Waals surface area (Å²) in [6.45, 7) is 4.04. The molecule has 5 nitrogen and oxygen atoms in total. The lowest BCUT2D eigenvalue weighted by Gasteiger charge is -2.16. The van der Waals surface area contributed by atoms with E-state index in [1.807, 2.05) is 13.8 Å². The highest BCUT2D eigenvalue weighted by atomic mass is 19.1. The molecule has 0 fully saturated rings. The van der Waals surface area contributed by atoms with Gasteiger partial charge in [-0.25, -0.2) is 9.37 Å². The van der Waals surface area contributed by atoms with Crippen LogP contribution in [0, 0.1) is 25.6 Å². The van der Waals surface area contributed by atoms with Gasteiger partial charge in [0.05, 0.1) is 17.3 Å². The molecule has 0 saturated carbocycles. The van der Waals surface area contributed by atoms with Crippen molar-refractivity contribution in [1.29, 1.82) is 0 Å². The molecule has 1 unspecified atom stereocenters. The van der Waals surface area contributed by atoms with Crippen molar-refractivity contribution in [3.05, 3.63) is 53.2 Å². The summed E-state index contributed by atoms with van der Waals surface area (Å²) < 4.78 is 12.9. The van der Waals surface area contributed by atoms with Crippen molar-refractivity contribution in [2.45, 2.75) is 20.3 Å². The summed E-state index contributed by atoms with van der Waals surface area (Å²) >= 11 is 0. The van der Waals surface area contributed by atoms with E-state index in [9.17, 15) is 9.18 Å². The number of aromatic nitrogens is 2. The third kappa shape index (κ3) is 4.25. The van der Waals surface area contributed by atoms with Crippen LogP contribution < -0.4 is 11.1 Å². The Morgan fingerprint density at radius 2 is 2.00 bits per heavy atom. The maximum absolute atomic E-state index is 12.9. The molecule has 0 radical (unpaired) electrons. The van der Waals surface area contributed by atoms with Crippen LogP contribution in [0.4, 0.5) is 10.2 Å². The summed E-state index contributed by atoms with van der Waals surface area (Å²) in [5, 5.41) is 3.12. The van der Waals surface area contributed by atoms with E-state index in [4.69, 9.17) is 5.73 Å². The molecule has 0 saturated heterocycles. The molecule has 2 rings (SSSR count). The van der Waals surface area contributed by atoms with E-state index in [1.54, 1.807) is 18.3 Å². The van der Waals surface area contributed by atoms with Crippen LogP contribution in [0.5, 0.6) is 0 Å². The number of primary amides is 1. The SMILES string of the molecule is Cc1cnc(C)c(NCC(Cc2ccc(F)cc2)C(N)=O)n1.